The Labute approximate surface area is 271 Å². The highest BCUT2D eigenvalue weighted by Crippen LogP contribution is 2.62. The van der Waals surface area contributed by atoms with Gasteiger partial charge in [0.2, 0.25) is 0 Å². The van der Waals surface area contributed by atoms with Gasteiger partial charge in [-0.2, -0.15) is 0 Å². The Morgan fingerprint density at radius 3 is 1.85 bits per heavy atom. The summed E-state index contributed by atoms with van der Waals surface area (Å²) < 4.78 is 13.8. The van der Waals surface area contributed by atoms with E-state index in [1.54, 1.807) is 18.2 Å². The van der Waals surface area contributed by atoms with E-state index in [1.807, 2.05) is 0 Å². The Hall–Kier alpha value is -4.86. The first-order valence-corrected chi connectivity index (χ1v) is 16.9. The Balaban J connectivity index is 1.28. The number of rotatable bonds is 2. The van der Waals surface area contributed by atoms with Crippen molar-refractivity contribution in [2.75, 3.05) is 36.0 Å². The van der Waals surface area contributed by atoms with Crippen LogP contribution in [0.4, 0.5) is 11.4 Å². The number of ether oxygens (including phenoxy) is 2. The fourth-order valence-corrected chi connectivity index (χ4v) is 9.35. The third-order valence-corrected chi connectivity index (χ3v) is 11.2. The Bertz CT molecular complexity index is 1900. The van der Waals surface area contributed by atoms with Crippen LogP contribution < -0.4 is 14.5 Å². The average molecular weight is 632 g/mol. The molecule has 2 amide bonds. The van der Waals surface area contributed by atoms with E-state index in [-0.39, 0.29) is 24.0 Å². The van der Waals surface area contributed by atoms with Crippen molar-refractivity contribution < 1.29 is 33.5 Å². The van der Waals surface area contributed by atoms with Crippen LogP contribution in [0.5, 0.6) is 11.5 Å². The fraction of sp³-hybridized carbons (Fsp3) is 0.405. The molecule has 1 fully saturated rings. The molecule has 10 heteroatoms. The van der Waals surface area contributed by atoms with Gasteiger partial charge >= 0.3 is 11.9 Å². The van der Waals surface area contributed by atoms with Crippen molar-refractivity contribution in [3.8, 4) is 11.5 Å². The van der Waals surface area contributed by atoms with Gasteiger partial charge in [-0.3, -0.25) is 9.59 Å². The largest absolute Gasteiger partial charge is 0.456 e. The number of hydroxylamine groups is 2. The number of amides is 2. The summed E-state index contributed by atoms with van der Waals surface area (Å²) in [4.78, 5) is 63.4. The molecule has 0 saturated carbocycles. The molecular weight excluding hydrogens is 598 g/mol. The van der Waals surface area contributed by atoms with Crippen LogP contribution in [0.15, 0.2) is 30.3 Å². The zero-order valence-corrected chi connectivity index (χ0v) is 26.0. The molecule has 10 rings (SSSR count). The molecule has 3 aromatic carbocycles. The zero-order chi connectivity index (χ0) is 31.6. The lowest BCUT2D eigenvalue weighted by atomic mass is 9.71. The first kappa shape index (κ1) is 27.3. The molecule has 7 heterocycles. The molecule has 47 heavy (non-hydrogen) atoms. The van der Waals surface area contributed by atoms with E-state index in [1.165, 1.54) is 22.5 Å². The number of aryl methyl sites for hydroxylation is 2. The van der Waals surface area contributed by atoms with Crippen molar-refractivity contribution in [2.24, 2.45) is 0 Å². The van der Waals surface area contributed by atoms with Crippen molar-refractivity contribution in [1.29, 1.82) is 0 Å². The molecule has 238 valence electrons. The lowest BCUT2D eigenvalue weighted by molar-refractivity contribution is -0.172. The van der Waals surface area contributed by atoms with Gasteiger partial charge in [0.25, 0.3) is 11.8 Å². The van der Waals surface area contributed by atoms with Crippen LogP contribution in [0.1, 0.15) is 98.2 Å². The van der Waals surface area contributed by atoms with Crippen LogP contribution in [0, 0.1) is 0 Å². The minimum absolute atomic E-state index is 0.0154. The van der Waals surface area contributed by atoms with Gasteiger partial charge in [0.1, 0.15) is 11.5 Å². The summed E-state index contributed by atoms with van der Waals surface area (Å²) in [5.41, 5.74) is 7.79. The van der Waals surface area contributed by atoms with Gasteiger partial charge in [-0.15, -0.1) is 5.06 Å². The zero-order valence-electron chi connectivity index (χ0n) is 26.0. The highest BCUT2D eigenvalue weighted by atomic mass is 16.7. The van der Waals surface area contributed by atoms with Crippen molar-refractivity contribution >= 4 is 35.1 Å². The summed E-state index contributed by atoms with van der Waals surface area (Å²) in [6.07, 6.45) is 7.45. The second kappa shape index (κ2) is 9.59. The molecule has 0 bridgehead atoms. The summed E-state index contributed by atoms with van der Waals surface area (Å²) in [7, 11) is 0. The number of esters is 1. The summed E-state index contributed by atoms with van der Waals surface area (Å²) in [5.74, 6) is -1.13. The molecule has 0 aromatic heterocycles. The number of carbonyl (C=O) groups excluding carboxylic acids is 4. The van der Waals surface area contributed by atoms with Gasteiger partial charge in [-0.05, 0) is 86.8 Å². The summed E-state index contributed by atoms with van der Waals surface area (Å²) >= 11 is 0. The first-order valence-electron chi connectivity index (χ1n) is 16.9. The molecule has 0 unspecified atom stereocenters. The minimum Gasteiger partial charge on any atom is -0.456 e. The maximum atomic E-state index is 14.0. The molecule has 0 radical (unpaired) electrons. The van der Waals surface area contributed by atoms with Gasteiger partial charge in [0.05, 0.1) is 11.1 Å². The van der Waals surface area contributed by atoms with Crippen LogP contribution >= 0.6 is 0 Å². The van der Waals surface area contributed by atoms with Crippen molar-refractivity contribution in [3.63, 3.8) is 0 Å². The second-order valence-electron chi connectivity index (χ2n) is 13.7. The standard InChI is InChI=1S/C37H33N3O7/c41-28-12-13-29(42)40(28)47-36(44)23-9-1-8-22-30(23)37(46-35(22)43)26-18-20-6-2-14-38-16-4-10-24(31(20)38)33(26)45-34-25-11-5-17-39-15-3-7-21(32(25)39)19-27(34)37/h1,8-9,18-19H,2-7,10-17H2. The smallest absolute Gasteiger partial charge is 0.364 e. The number of anilines is 2. The Morgan fingerprint density at radius 2 is 1.28 bits per heavy atom. The maximum Gasteiger partial charge on any atom is 0.364 e. The summed E-state index contributed by atoms with van der Waals surface area (Å²) in [6, 6.07) is 9.18. The third-order valence-electron chi connectivity index (χ3n) is 11.2. The number of carbonyl (C=O) groups is 4. The normalized spacial score (nSPS) is 21.0. The lowest BCUT2D eigenvalue weighted by Crippen LogP contribution is -2.40. The topological polar surface area (TPSA) is 106 Å². The quantitative estimate of drug-likeness (QED) is 0.289. The van der Waals surface area contributed by atoms with E-state index in [4.69, 9.17) is 14.3 Å². The second-order valence-corrected chi connectivity index (χ2v) is 13.7. The Kier molecular flexibility index (Phi) is 5.56. The molecule has 7 aliphatic rings. The minimum atomic E-state index is -1.49. The molecular formula is C37H33N3O7. The average Bonchev–Trinajstić information content (AvgIpc) is 3.57. The van der Waals surface area contributed by atoms with Crippen molar-refractivity contribution in [3.05, 3.63) is 80.4 Å². The molecule has 1 saturated heterocycles. The van der Waals surface area contributed by atoms with Crippen LogP contribution in [-0.4, -0.2) is 55.0 Å². The molecule has 3 aromatic rings. The molecule has 1 spiro atoms. The number of fused-ring (bicyclic) bond motifs is 8. The van der Waals surface area contributed by atoms with Gasteiger partial charge in [-0.1, -0.05) is 6.07 Å². The predicted molar refractivity (Wildman–Crippen MR) is 169 cm³/mol. The number of hydrogen-bond acceptors (Lipinski definition) is 9. The van der Waals surface area contributed by atoms with Crippen LogP contribution in [0.25, 0.3) is 0 Å². The Morgan fingerprint density at radius 1 is 0.723 bits per heavy atom. The third kappa shape index (κ3) is 3.56. The van der Waals surface area contributed by atoms with E-state index in [0.29, 0.717) is 22.1 Å². The predicted octanol–water partition coefficient (Wildman–Crippen LogP) is 4.87. The van der Waals surface area contributed by atoms with Crippen molar-refractivity contribution in [2.45, 2.75) is 69.8 Å². The van der Waals surface area contributed by atoms with E-state index in [2.05, 4.69) is 21.9 Å². The van der Waals surface area contributed by atoms with E-state index < -0.39 is 29.4 Å². The lowest BCUT2D eigenvalue weighted by Gasteiger charge is -2.45. The van der Waals surface area contributed by atoms with Gasteiger partial charge in [0, 0.05) is 78.2 Å². The van der Waals surface area contributed by atoms with Gasteiger partial charge < -0.3 is 24.1 Å². The van der Waals surface area contributed by atoms with Crippen molar-refractivity contribution in [1.82, 2.24) is 5.06 Å². The van der Waals surface area contributed by atoms with Gasteiger partial charge in [0.15, 0.2) is 5.60 Å². The fourth-order valence-electron chi connectivity index (χ4n) is 9.35. The summed E-state index contributed by atoms with van der Waals surface area (Å²) in [5, 5.41) is 0.558. The van der Waals surface area contributed by atoms with Crippen LogP contribution in [-0.2, 0) is 50.4 Å². The highest BCUT2D eigenvalue weighted by molar-refractivity contribution is 6.06. The van der Waals surface area contributed by atoms with Crippen LogP contribution in [0.3, 0.4) is 0 Å². The maximum absolute atomic E-state index is 14.0. The van der Waals surface area contributed by atoms with Gasteiger partial charge in [-0.25, -0.2) is 9.59 Å². The first-order chi connectivity index (χ1) is 22.9. The number of imide groups is 1. The number of hydrogen-bond donors (Lipinski definition) is 0. The molecule has 7 aliphatic heterocycles. The van der Waals surface area contributed by atoms with E-state index >= 15 is 0 Å². The highest BCUT2D eigenvalue weighted by Gasteiger charge is 2.58. The monoisotopic (exact) mass is 631 g/mol. The SMILES string of the molecule is O=C(ON1C(=O)CCC1=O)c1cccc2c1C1(OC2=O)c2cc3c4c(c2Oc2c1cc1c5c2CCCN5CCC1)CCCN4CCC3. The molecule has 0 aliphatic carbocycles. The summed E-state index contributed by atoms with van der Waals surface area (Å²) in [6.45, 7) is 3.98. The molecule has 10 nitrogen and oxygen atoms in total. The number of benzene rings is 3. The molecule has 0 N–H and O–H groups in total. The number of nitrogens with zero attached hydrogens (tertiary/aromatic N) is 3. The van der Waals surface area contributed by atoms with E-state index in [9.17, 15) is 19.2 Å². The van der Waals surface area contributed by atoms with E-state index in [0.717, 1.165) is 99.8 Å². The molecule has 0 atom stereocenters. The van der Waals surface area contributed by atoms with Crippen LogP contribution in [0.2, 0.25) is 0 Å².